The van der Waals surface area contributed by atoms with E-state index in [-0.39, 0.29) is 16.4 Å². The van der Waals surface area contributed by atoms with E-state index in [1.54, 1.807) is 0 Å². The first-order chi connectivity index (χ1) is 7.15. The summed E-state index contributed by atoms with van der Waals surface area (Å²) in [7, 11) is 0. The lowest BCUT2D eigenvalue weighted by atomic mass is 9.56. The van der Waals surface area contributed by atoms with Crippen LogP contribution in [0.3, 0.4) is 0 Å². The molecule has 1 rings (SSSR count). The molecule has 2 atom stereocenters. The van der Waals surface area contributed by atoms with Gasteiger partial charge in [-0.15, -0.1) is 0 Å². The fraction of sp³-hybridized carbons (Fsp3) is 1.00. The molecule has 1 saturated carbocycles. The second-order valence-corrected chi connectivity index (χ2v) is 7.40. The second-order valence-electron chi connectivity index (χ2n) is 7.40. The third-order valence-corrected chi connectivity index (χ3v) is 4.33. The summed E-state index contributed by atoms with van der Waals surface area (Å²) in [4.78, 5) is 5.08. The molecule has 0 aliphatic heterocycles. The Hall–Kier alpha value is -0.0800. The van der Waals surface area contributed by atoms with Gasteiger partial charge in [0, 0.05) is 0 Å². The van der Waals surface area contributed by atoms with Gasteiger partial charge < -0.3 is 0 Å². The summed E-state index contributed by atoms with van der Waals surface area (Å²) in [5.74, 6) is 0.416. The van der Waals surface area contributed by atoms with E-state index >= 15 is 0 Å². The van der Waals surface area contributed by atoms with Gasteiger partial charge in [-0.2, -0.15) is 0 Å². The van der Waals surface area contributed by atoms with E-state index in [0.29, 0.717) is 5.92 Å². The zero-order valence-corrected chi connectivity index (χ0v) is 11.8. The van der Waals surface area contributed by atoms with E-state index in [4.69, 9.17) is 4.89 Å². The van der Waals surface area contributed by atoms with Gasteiger partial charge in [0.1, 0.15) is 5.60 Å². The Morgan fingerprint density at radius 2 is 1.62 bits per heavy atom. The molecule has 2 nitrogen and oxygen atoms in total. The Morgan fingerprint density at radius 3 is 1.94 bits per heavy atom. The SMILES string of the molecule is CC(C)(C)C1CCCCC1(OO)C(C)(C)C. The van der Waals surface area contributed by atoms with Crippen LogP contribution in [0.25, 0.3) is 0 Å². The van der Waals surface area contributed by atoms with Crippen LogP contribution >= 0.6 is 0 Å². The van der Waals surface area contributed by atoms with Crippen LogP contribution in [-0.4, -0.2) is 10.9 Å². The third kappa shape index (κ3) is 2.28. The molecule has 96 valence electrons. The van der Waals surface area contributed by atoms with Crippen LogP contribution < -0.4 is 0 Å². The molecule has 0 aromatic carbocycles. The van der Waals surface area contributed by atoms with E-state index in [1.165, 1.54) is 6.42 Å². The molecule has 1 aliphatic carbocycles. The van der Waals surface area contributed by atoms with Gasteiger partial charge in [0.2, 0.25) is 0 Å². The van der Waals surface area contributed by atoms with Crippen molar-refractivity contribution < 1.29 is 10.1 Å². The van der Waals surface area contributed by atoms with Crippen molar-refractivity contribution in [2.45, 2.75) is 72.8 Å². The smallest absolute Gasteiger partial charge is 0.111 e. The maximum Gasteiger partial charge on any atom is 0.111 e. The fourth-order valence-corrected chi connectivity index (χ4v) is 3.42. The summed E-state index contributed by atoms with van der Waals surface area (Å²) >= 11 is 0. The summed E-state index contributed by atoms with van der Waals surface area (Å²) in [6.07, 6.45) is 4.53. The van der Waals surface area contributed by atoms with Crippen LogP contribution in [0.1, 0.15) is 67.2 Å². The van der Waals surface area contributed by atoms with Gasteiger partial charge in [0.25, 0.3) is 0 Å². The van der Waals surface area contributed by atoms with Crippen LogP contribution in [0.5, 0.6) is 0 Å². The van der Waals surface area contributed by atoms with Crippen molar-refractivity contribution in [1.29, 1.82) is 0 Å². The molecular weight excluding hydrogens is 200 g/mol. The highest BCUT2D eigenvalue weighted by molar-refractivity contribution is 5.02. The van der Waals surface area contributed by atoms with Gasteiger partial charge in [-0.05, 0) is 29.6 Å². The van der Waals surface area contributed by atoms with Crippen molar-refractivity contribution in [3.8, 4) is 0 Å². The minimum absolute atomic E-state index is 0.0277. The Bertz CT molecular complexity index is 234. The average molecular weight is 228 g/mol. The molecule has 2 heteroatoms. The zero-order chi connectivity index (χ0) is 12.6. The van der Waals surface area contributed by atoms with Crippen molar-refractivity contribution in [2.75, 3.05) is 0 Å². The Morgan fingerprint density at radius 1 is 1.06 bits per heavy atom. The van der Waals surface area contributed by atoms with Gasteiger partial charge in [0.05, 0.1) is 0 Å². The summed E-state index contributed by atoms with van der Waals surface area (Å²) in [6.45, 7) is 13.3. The normalized spacial score (nSPS) is 32.8. The lowest BCUT2D eigenvalue weighted by Gasteiger charge is -2.54. The molecule has 1 aliphatic rings. The molecule has 2 unspecified atom stereocenters. The molecule has 0 heterocycles. The van der Waals surface area contributed by atoms with E-state index in [0.717, 1.165) is 19.3 Å². The Kier molecular flexibility index (Phi) is 3.76. The lowest BCUT2D eigenvalue weighted by Crippen LogP contribution is -2.56. The van der Waals surface area contributed by atoms with Gasteiger partial charge in [0.15, 0.2) is 0 Å². The van der Waals surface area contributed by atoms with Crippen LogP contribution in [0.15, 0.2) is 0 Å². The first-order valence-corrected chi connectivity index (χ1v) is 6.48. The van der Waals surface area contributed by atoms with Crippen LogP contribution in [0, 0.1) is 16.7 Å². The minimum Gasteiger partial charge on any atom is -0.251 e. The predicted octanol–water partition coefficient (Wildman–Crippen LogP) is 4.50. The molecule has 0 radical (unpaired) electrons. The average Bonchev–Trinajstić information content (AvgIpc) is 2.14. The molecule has 0 aromatic heterocycles. The molecule has 0 saturated heterocycles. The summed E-state index contributed by atoms with van der Waals surface area (Å²) in [6, 6.07) is 0. The quantitative estimate of drug-likeness (QED) is 0.529. The Labute approximate surface area is 100 Å². The second kappa shape index (κ2) is 4.30. The highest BCUT2D eigenvalue weighted by atomic mass is 17.1. The third-order valence-electron chi connectivity index (χ3n) is 4.33. The van der Waals surface area contributed by atoms with Crippen LogP contribution in [0.4, 0.5) is 0 Å². The first kappa shape index (κ1) is 14.0. The van der Waals surface area contributed by atoms with Gasteiger partial charge >= 0.3 is 0 Å². The van der Waals surface area contributed by atoms with E-state index in [1.807, 2.05) is 0 Å². The summed E-state index contributed by atoms with van der Waals surface area (Å²) in [5, 5.41) is 9.51. The van der Waals surface area contributed by atoms with Crippen molar-refractivity contribution in [2.24, 2.45) is 16.7 Å². The predicted molar refractivity (Wildman–Crippen MR) is 67.3 cm³/mol. The van der Waals surface area contributed by atoms with Gasteiger partial charge in [-0.25, -0.2) is 4.89 Å². The number of hydrogen-bond donors (Lipinski definition) is 1. The molecule has 16 heavy (non-hydrogen) atoms. The van der Waals surface area contributed by atoms with E-state index in [2.05, 4.69) is 41.5 Å². The monoisotopic (exact) mass is 228 g/mol. The highest BCUT2D eigenvalue weighted by Crippen LogP contribution is 2.53. The largest absolute Gasteiger partial charge is 0.251 e. The van der Waals surface area contributed by atoms with Crippen molar-refractivity contribution in [3.63, 3.8) is 0 Å². The van der Waals surface area contributed by atoms with Crippen molar-refractivity contribution in [1.82, 2.24) is 0 Å². The zero-order valence-electron chi connectivity index (χ0n) is 11.8. The topological polar surface area (TPSA) is 29.5 Å². The van der Waals surface area contributed by atoms with Gasteiger partial charge in [-0.1, -0.05) is 54.4 Å². The van der Waals surface area contributed by atoms with Crippen molar-refractivity contribution >= 4 is 0 Å². The highest BCUT2D eigenvalue weighted by Gasteiger charge is 2.54. The van der Waals surface area contributed by atoms with E-state index < -0.39 is 0 Å². The molecule has 1 N–H and O–H groups in total. The van der Waals surface area contributed by atoms with Crippen LogP contribution in [0.2, 0.25) is 0 Å². The van der Waals surface area contributed by atoms with E-state index in [9.17, 15) is 5.26 Å². The minimum atomic E-state index is -0.385. The number of hydrogen-bond acceptors (Lipinski definition) is 2. The molecule has 0 amide bonds. The summed E-state index contributed by atoms with van der Waals surface area (Å²) in [5.41, 5.74) is -0.236. The fourth-order valence-electron chi connectivity index (χ4n) is 3.42. The maximum atomic E-state index is 9.51. The van der Waals surface area contributed by atoms with Crippen LogP contribution in [-0.2, 0) is 4.89 Å². The molecule has 1 fully saturated rings. The lowest BCUT2D eigenvalue weighted by molar-refractivity contribution is -0.379. The molecular formula is C14H28O2. The first-order valence-electron chi connectivity index (χ1n) is 6.48. The molecule has 0 aromatic rings. The molecule has 0 spiro atoms. The number of rotatable bonds is 1. The Balaban J connectivity index is 3.12. The molecule has 0 bridgehead atoms. The summed E-state index contributed by atoms with van der Waals surface area (Å²) < 4.78 is 0. The standard InChI is InChI=1S/C14H28O2/c1-12(2,3)11-9-7-8-10-14(11,16-15)13(4,5)6/h11,15H,7-10H2,1-6H3. The maximum absolute atomic E-state index is 9.51. The van der Waals surface area contributed by atoms with Crippen molar-refractivity contribution in [3.05, 3.63) is 0 Å². The van der Waals surface area contributed by atoms with Gasteiger partial charge in [-0.3, -0.25) is 5.26 Å².